The number of nitrogens with one attached hydrogen (secondary N) is 1. The van der Waals surface area contributed by atoms with E-state index in [2.05, 4.69) is 25.0 Å². The number of aldehydes is 1. The molecule has 1 aliphatic carbocycles. The van der Waals surface area contributed by atoms with Crippen LogP contribution in [0.1, 0.15) is 31.2 Å². The quantitative estimate of drug-likeness (QED) is 0.336. The third-order valence-corrected chi connectivity index (χ3v) is 8.19. The Morgan fingerprint density at radius 3 is 2.94 bits per heavy atom. The molecule has 5 rings (SSSR count). The van der Waals surface area contributed by atoms with Crippen LogP contribution in [-0.2, 0) is 14.3 Å². The maximum Gasteiger partial charge on any atom is 0.336 e. The van der Waals surface area contributed by atoms with Crippen LogP contribution in [0.5, 0.6) is 0 Å². The highest BCUT2D eigenvalue weighted by molar-refractivity contribution is 7.80. The van der Waals surface area contributed by atoms with Gasteiger partial charge in [-0.05, 0) is 32.0 Å². The molecule has 1 aromatic heterocycles. The summed E-state index contributed by atoms with van der Waals surface area (Å²) in [4.78, 5) is 35.4. The summed E-state index contributed by atoms with van der Waals surface area (Å²) in [6.45, 7) is 7.00. The molecule has 33 heavy (non-hydrogen) atoms. The molecule has 1 aromatic rings. The summed E-state index contributed by atoms with van der Waals surface area (Å²) in [6, 6.07) is 0.304. The number of hydrogen-bond donors (Lipinski definition) is 1. The van der Waals surface area contributed by atoms with Crippen LogP contribution >= 0.6 is 23.6 Å². The molecular formula is C23H29N5O3S2. The van der Waals surface area contributed by atoms with Gasteiger partial charge in [-0.2, -0.15) is 0 Å². The summed E-state index contributed by atoms with van der Waals surface area (Å²) in [7, 11) is 0. The van der Waals surface area contributed by atoms with Gasteiger partial charge >= 0.3 is 5.97 Å². The number of hydrogen-bond acceptors (Lipinski definition) is 8. The molecule has 4 heterocycles. The maximum atomic E-state index is 12.6. The van der Waals surface area contributed by atoms with Crippen molar-refractivity contribution in [1.29, 1.82) is 0 Å². The van der Waals surface area contributed by atoms with Crippen LogP contribution in [-0.4, -0.2) is 89.0 Å². The highest BCUT2D eigenvalue weighted by Crippen LogP contribution is 2.45. The van der Waals surface area contributed by atoms with E-state index in [0.29, 0.717) is 31.2 Å². The fourth-order valence-electron chi connectivity index (χ4n) is 4.87. The normalized spacial score (nSPS) is 24.3. The Labute approximate surface area is 203 Å². The molecule has 0 bridgehead atoms. The first kappa shape index (κ1) is 22.5. The highest BCUT2D eigenvalue weighted by Gasteiger charge is 2.47. The van der Waals surface area contributed by atoms with Gasteiger partial charge in [0.25, 0.3) is 0 Å². The lowest BCUT2D eigenvalue weighted by Gasteiger charge is -2.38. The lowest BCUT2D eigenvalue weighted by atomic mass is 10.0. The van der Waals surface area contributed by atoms with Gasteiger partial charge in [0.15, 0.2) is 5.11 Å². The number of aromatic nitrogens is 1. The van der Waals surface area contributed by atoms with E-state index >= 15 is 0 Å². The van der Waals surface area contributed by atoms with E-state index in [1.807, 2.05) is 18.4 Å². The van der Waals surface area contributed by atoms with Crippen molar-refractivity contribution in [2.24, 2.45) is 5.41 Å². The topological polar surface area (TPSA) is 78.0 Å². The van der Waals surface area contributed by atoms with E-state index in [-0.39, 0.29) is 11.4 Å². The Morgan fingerprint density at radius 1 is 1.39 bits per heavy atom. The third kappa shape index (κ3) is 4.56. The molecule has 0 amide bonds. The van der Waals surface area contributed by atoms with Gasteiger partial charge in [0.1, 0.15) is 11.3 Å². The van der Waals surface area contributed by atoms with Crippen LogP contribution in [0.2, 0.25) is 0 Å². The van der Waals surface area contributed by atoms with Crippen LogP contribution in [0.25, 0.3) is 5.70 Å². The van der Waals surface area contributed by atoms with Gasteiger partial charge in [0.2, 0.25) is 0 Å². The largest absolute Gasteiger partial charge is 0.463 e. The molecule has 1 saturated carbocycles. The van der Waals surface area contributed by atoms with Crippen molar-refractivity contribution < 1.29 is 14.3 Å². The summed E-state index contributed by atoms with van der Waals surface area (Å²) >= 11 is 7.32. The molecule has 1 unspecified atom stereocenters. The minimum atomic E-state index is -0.259. The van der Waals surface area contributed by atoms with Crippen molar-refractivity contribution >= 4 is 46.6 Å². The van der Waals surface area contributed by atoms with E-state index in [0.717, 1.165) is 73.4 Å². The second-order valence-electron chi connectivity index (χ2n) is 9.19. The monoisotopic (exact) mass is 487 g/mol. The average Bonchev–Trinajstić information content (AvgIpc) is 3.24. The number of ether oxygens (including phenoxy) is 1. The molecule has 3 aliphatic heterocycles. The van der Waals surface area contributed by atoms with Crippen LogP contribution in [0.3, 0.4) is 0 Å². The van der Waals surface area contributed by atoms with Gasteiger partial charge in [-0.1, -0.05) is 6.08 Å². The molecule has 4 aliphatic rings. The van der Waals surface area contributed by atoms with Crippen molar-refractivity contribution in [3.63, 3.8) is 0 Å². The SMILES string of the molecule is CCOC(=O)C1=C(CN2CCN3C(=S)N(CC4(C=O)CC4)CC3C2)NC(c2nccs2)=CC1. The number of piperazine rings is 1. The molecule has 0 radical (unpaired) electrons. The average molecular weight is 488 g/mol. The molecule has 0 aromatic carbocycles. The van der Waals surface area contributed by atoms with Gasteiger partial charge in [-0.15, -0.1) is 11.3 Å². The summed E-state index contributed by atoms with van der Waals surface area (Å²) in [5.41, 5.74) is 2.35. The number of thiocarbonyl (C=S) groups is 1. The number of carbonyl (C=O) groups excluding carboxylic acids is 2. The number of dihydropyridines is 1. The number of rotatable bonds is 8. The van der Waals surface area contributed by atoms with Crippen molar-refractivity contribution in [2.75, 3.05) is 45.9 Å². The summed E-state index contributed by atoms with van der Waals surface area (Å²) in [5.74, 6) is -0.259. The van der Waals surface area contributed by atoms with Crippen LogP contribution in [0.15, 0.2) is 28.9 Å². The Hall–Kier alpha value is -2.30. The minimum Gasteiger partial charge on any atom is -0.463 e. The molecule has 1 N–H and O–H groups in total. The summed E-state index contributed by atoms with van der Waals surface area (Å²) in [5, 5.41) is 7.22. The van der Waals surface area contributed by atoms with Gasteiger partial charge in [-0.3, -0.25) is 4.90 Å². The second-order valence-corrected chi connectivity index (χ2v) is 10.4. The van der Waals surface area contributed by atoms with E-state index in [1.165, 1.54) is 0 Å². The molecule has 176 valence electrons. The van der Waals surface area contributed by atoms with Gasteiger partial charge in [0.05, 0.1) is 23.9 Å². The van der Waals surface area contributed by atoms with E-state index in [4.69, 9.17) is 17.0 Å². The molecule has 0 spiro atoms. The van der Waals surface area contributed by atoms with E-state index in [9.17, 15) is 9.59 Å². The first-order valence-electron chi connectivity index (χ1n) is 11.5. The predicted molar refractivity (Wildman–Crippen MR) is 130 cm³/mol. The smallest absolute Gasteiger partial charge is 0.336 e. The van der Waals surface area contributed by atoms with Crippen molar-refractivity contribution in [3.8, 4) is 0 Å². The molecule has 10 heteroatoms. The molecule has 3 fully saturated rings. The number of nitrogens with zero attached hydrogens (tertiary/aromatic N) is 4. The first-order valence-corrected chi connectivity index (χ1v) is 12.8. The Kier molecular flexibility index (Phi) is 6.24. The number of esters is 1. The number of fused-ring (bicyclic) bond motifs is 1. The van der Waals surface area contributed by atoms with Crippen LogP contribution < -0.4 is 5.32 Å². The first-order chi connectivity index (χ1) is 16.0. The molecule has 2 saturated heterocycles. The van der Waals surface area contributed by atoms with E-state index in [1.54, 1.807) is 17.5 Å². The lowest BCUT2D eigenvalue weighted by Crippen LogP contribution is -2.53. The maximum absolute atomic E-state index is 12.6. The standard InChI is InChI=1S/C23H29N5O3S2/c1-2-31-21(30)17-3-4-18(20-24-7-10-33-20)25-19(17)13-26-8-9-28-16(11-26)12-27(22(28)32)14-23(15-29)5-6-23/h4,7,10,15-16,25H,2-3,5-6,8-9,11-14H2,1H3. The molecular weight excluding hydrogens is 458 g/mol. The number of carbonyl (C=O) groups is 2. The summed E-state index contributed by atoms with van der Waals surface area (Å²) in [6.07, 6.45) is 7.39. The Balaban J connectivity index is 1.27. The van der Waals surface area contributed by atoms with Crippen LogP contribution in [0, 0.1) is 5.41 Å². The fourth-order valence-corrected chi connectivity index (χ4v) is 5.88. The lowest BCUT2D eigenvalue weighted by molar-refractivity contribution is -0.138. The third-order valence-electron chi connectivity index (χ3n) is 6.89. The summed E-state index contributed by atoms with van der Waals surface area (Å²) < 4.78 is 5.33. The number of allylic oxidation sites excluding steroid dienone is 1. The number of thiazole rings is 1. The Bertz CT molecular complexity index is 1000. The molecule has 1 atom stereocenters. The second kappa shape index (κ2) is 9.15. The van der Waals surface area contributed by atoms with Gasteiger partial charge < -0.3 is 24.6 Å². The van der Waals surface area contributed by atoms with Crippen molar-refractivity contribution in [3.05, 3.63) is 33.9 Å². The zero-order chi connectivity index (χ0) is 23.0. The molecule has 8 nitrogen and oxygen atoms in total. The van der Waals surface area contributed by atoms with Crippen LogP contribution in [0.4, 0.5) is 0 Å². The van der Waals surface area contributed by atoms with Gasteiger partial charge in [0, 0.05) is 68.4 Å². The Morgan fingerprint density at radius 2 is 2.24 bits per heavy atom. The fraction of sp³-hybridized carbons (Fsp3) is 0.565. The van der Waals surface area contributed by atoms with Crippen molar-refractivity contribution in [1.82, 2.24) is 25.0 Å². The van der Waals surface area contributed by atoms with E-state index < -0.39 is 0 Å². The zero-order valence-electron chi connectivity index (χ0n) is 18.8. The van der Waals surface area contributed by atoms with Crippen molar-refractivity contribution in [2.45, 2.75) is 32.2 Å². The minimum absolute atomic E-state index is 0.178. The predicted octanol–water partition coefficient (Wildman–Crippen LogP) is 1.86. The highest BCUT2D eigenvalue weighted by atomic mass is 32.1. The van der Waals surface area contributed by atoms with Gasteiger partial charge in [-0.25, -0.2) is 9.78 Å². The zero-order valence-corrected chi connectivity index (χ0v) is 20.4.